The molecule has 1 aliphatic rings. The summed E-state index contributed by atoms with van der Waals surface area (Å²) in [6, 6.07) is 5.89. The molecule has 0 aliphatic carbocycles. The number of halogens is 1. The van der Waals surface area contributed by atoms with Crippen LogP contribution in [0.1, 0.15) is 24.1 Å². The summed E-state index contributed by atoms with van der Waals surface area (Å²) in [5, 5.41) is 0. The van der Waals surface area contributed by atoms with Crippen LogP contribution in [0.2, 0.25) is 0 Å². The van der Waals surface area contributed by atoms with Crippen LogP contribution in [0.15, 0.2) is 47.7 Å². The Balaban J connectivity index is 1.34. The van der Waals surface area contributed by atoms with Crippen LogP contribution in [-0.2, 0) is 17.8 Å². The fourth-order valence-electron chi connectivity index (χ4n) is 3.31. The van der Waals surface area contributed by atoms with Gasteiger partial charge in [-0.25, -0.2) is 14.4 Å². The number of rotatable bonds is 6. The van der Waals surface area contributed by atoms with E-state index >= 15 is 0 Å². The molecule has 0 bridgehead atoms. The van der Waals surface area contributed by atoms with Gasteiger partial charge in [0.05, 0.1) is 30.6 Å². The summed E-state index contributed by atoms with van der Waals surface area (Å²) in [5.74, 6) is 0.393. The van der Waals surface area contributed by atoms with Crippen molar-refractivity contribution in [3.05, 3.63) is 70.3 Å². The van der Waals surface area contributed by atoms with Crippen molar-refractivity contribution in [3.63, 3.8) is 0 Å². The quantitative estimate of drug-likeness (QED) is 0.626. The van der Waals surface area contributed by atoms with E-state index in [1.54, 1.807) is 23.2 Å². The fourth-order valence-corrected chi connectivity index (χ4v) is 3.31. The first-order valence-electron chi connectivity index (χ1n) is 9.65. The highest BCUT2D eigenvalue weighted by atomic mass is 19.1. The monoisotopic (exact) mass is 409 g/mol. The summed E-state index contributed by atoms with van der Waals surface area (Å²) in [6.07, 6.45) is 5.90. The van der Waals surface area contributed by atoms with Gasteiger partial charge in [-0.2, -0.15) is 0 Å². The smallest absolute Gasteiger partial charge is 0.256 e. The number of ether oxygens (including phenoxy) is 1. The first-order chi connectivity index (χ1) is 14.6. The second kappa shape index (κ2) is 8.81. The lowest BCUT2D eigenvalue weighted by Gasteiger charge is -2.28. The van der Waals surface area contributed by atoms with E-state index in [-0.39, 0.29) is 30.2 Å². The molecule has 2 aromatic heterocycles. The first kappa shape index (κ1) is 19.7. The van der Waals surface area contributed by atoms with Gasteiger partial charge >= 0.3 is 0 Å². The molecule has 4 rings (SSSR count). The van der Waals surface area contributed by atoms with E-state index in [9.17, 15) is 14.0 Å². The maximum Gasteiger partial charge on any atom is 0.256 e. The number of hydrogen-bond acceptors (Lipinski definition) is 6. The predicted molar refractivity (Wildman–Crippen MR) is 106 cm³/mol. The van der Waals surface area contributed by atoms with Gasteiger partial charge in [0.25, 0.3) is 5.56 Å². The van der Waals surface area contributed by atoms with Gasteiger partial charge in [0, 0.05) is 37.8 Å². The molecule has 0 saturated heterocycles. The average molecular weight is 409 g/mol. The van der Waals surface area contributed by atoms with E-state index in [1.165, 1.54) is 24.5 Å². The maximum absolute atomic E-state index is 13.1. The van der Waals surface area contributed by atoms with Crippen molar-refractivity contribution >= 4 is 5.91 Å². The average Bonchev–Trinajstić information content (AvgIpc) is 2.77. The molecule has 1 aliphatic heterocycles. The van der Waals surface area contributed by atoms with E-state index < -0.39 is 0 Å². The van der Waals surface area contributed by atoms with Gasteiger partial charge in [0.15, 0.2) is 5.82 Å². The number of nitrogens with one attached hydrogen (secondary N) is 1. The Morgan fingerprint density at radius 3 is 3.00 bits per heavy atom. The van der Waals surface area contributed by atoms with Gasteiger partial charge in [-0.15, -0.1) is 0 Å². The maximum atomic E-state index is 13.1. The number of carbonyl (C=O) groups excluding carboxylic acids is 1. The van der Waals surface area contributed by atoms with Crippen LogP contribution in [0.3, 0.4) is 0 Å². The minimum Gasteiger partial charge on any atom is -0.493 e. The molecule has 0 spiro atoms. The molecule has 9 heteroatoms. The molecule has 0 atom stereocenters. The third-order valence-corrected chi connectivity index (χ3v) is 4.83. The number of aromatic amines is 1. The molecular weight excluding hydrogens is 389 g/mol. The zero-order chi connectivity index (χ0) is 20.9. The molecule has 1 N–H and O–H groups in total. The standard InChI is InChI=1S/C21H20FN5O3/c22-14-3-1-4-15(11-14)30-10-2-5-19(28)27-9-6-17-16(13-27)21(29)26-20(25-17)18-12-23-7-8-24-18/h1,3-4,7-8,11-12H,2,5-6,9-10,13H2,(H,25,26,29). The fraction of sp³-hybridized carbons (Fsp3) is 0.286. The highest BCUT2D eigenvalue weighted by Crippen LogP contribution is 2.18. The summed E-state index contributed by atoms with van der Waals surface area (Å²) in [4.78, 5) is 42.1. The number of amides is 1. The van der Waals surface area contributed by atoms with Gasteiger partial charge in [0.1, 0.15) is 17.3 Å². The molecule has 3 heterocycles. The van der Waals surface area contributed by atoms with Gasteiger partial charge < -0.3 is 14.6 Å². The van der Waals surface area contributed by atoms with Crippen LogP contribution in [0.4, 0.5) is 4.39 Å². The number of aromatic nitrogens is 4. The van der Waals surface area contributed by atoms with Crippen LogP contribution in [0, 0.1) is 5.82 Å². The summed E-state index contributed by atoms with van der Waals surface area (Å²) in [5.41, 5.74) is 1.40. The highest BCUT2D eigenvalue weighted by Gasteiger charge is 2.24. The normalized spacial score (nSPS) is 13.0. The topological polar surface area (TPSA) is 101 Å². The molecule has 8 nitrogen and oxygen atoms in total. The number of nitrogens with zero attached hydrogens (tertiary/aromatic N) is 4. The van der Waals surface area contributed by atoms with E-state index in [0.717, 1.165) is 0 Å². The molecule has 1 aromatic carbocycles. The van der Waals surface area contributed by atoms with Crippen LogP contribution < -0.4 is 10.3 Å². The van der Waals surface area contributed by atoms with E-state index in [0.29, 0.717) is 54.5 Å². The summed E-state index contributed by atoms with van der Waals surface area (Å²) >= 11 is 0. The Bertz CT molecular complexity index is 1100. The molecule has 1 amide bonds. The van der Waals surface area contributed by atoms with Crippen molar-refractivity contribution < 1.29 is 13.9 Å². The van der Waals surface area contributed by atoms with Crippen molar-refractivity contribution in [2.75, 3.05) is 13.2 Å². The van der Waals surface area contributed by atoms with Crippen LogP contribution in [0.5, 0.6) is 5.75 Å². The summed E-state index contributed by atoms with van der Waals surface area (Å²) < 4.78 is 18.6. The lowest BCUT2D eigenvalue weighted by molar-refractivity contribution is -0.132. The molecule has 0 fully saturated rings. The molecule has 0 radical (unpaired) electrons. The second-order valence-electron chi connectivity index (χ2n) is 6.91. The SMILES string of the molecule is O=C(CCCOc1cccc(F)c1)N1CCc2nc(-c3cnccn3)[nH]c(=O)c2C1. The third-order valence-electron chi connectivity index (χ3n) is 4.83. The van der Waals surface area contributed by atoms with Crippen LogP contribution >= 0.6 is 0 Å². The molecule has 3 aromatic rings. The van der Waals surface area contributed by atoms with Crippen molar-refractivity contribution in [2.45, 2.75) is 25.8 Å². The largest absolute Gasteiger partial charge is 0.493 e. The summed E-state index contributed by atoms with van der Waals surface area (Å²) in [7, 11) is 0. The van der Waals surface area contributed by atoms with Crippen molar-refractivity contribution in [3.8, 4) is 17.3 Å². The van der Waals surface area contributed by atoms with Crippen molar-refractivity contribution in [1.29, 1.82) is 0 Å². The number of benzene rings is 1. The van der Waals surface area contributed by atoms with E-state index in [4.69, 9.17) is 4.74 Å². The number of hydrogen-bond donors (Lipinski definition) is 1. The van der Waals surface area contributed by atoms with E-state index in [2.05, 4.69) is 19.9 Å². The Morgan fingerprint density at radius 2 is 2.20 bits per heavy atom. The lowest BCUT2D eigenvalue weighted by atomic mass is 10.1. The summed E-state index contributed by atoms with van der Waals surface area (Å²) in [6.45, 7) is 1.03. The Kier molecular flexibility index (Phi) is 5.78. The molecule has 0 unspecified atom stereocenters. The first-order valence-corrected chi connectivity index (χ1v) is 9.65. The van der Waals surface area contributed by atoms with Crippen LogP contribution in [0.25, 0.3) is 11.5 Å². The Hall–Kier alpha value is -3.62. The number of fused-ring (bicyclic) bond motifs is 1. The molecule has 30 heavy (non-hydrogen) atoms. The Labute approximate surface area is 171 Å². The van der Waals surface area contributed by atoms with Gasteiger partial charge in [-0.1, -0.05) is 6.07 Å². The van der Waals surface area contributed by atoms with Gasteiger partial charge in [0.2, 0.25) is 5.91 Å². The molecule has 154 valence electrons. The number of carbonyl (C=O) groups is 1. The van der Waals surface area contributed by atoms with Crippen molar-refractivity contribution in [2.24, 2.45) is 0 Å². The zero-order valence-corrected chi connectivity index (χ0v) is 16.2. The minimum absolute atomic E-state index is 0.0547. The van der Waals surface area contributed by atoms with Crippen molar-refractivity contribution in [1.82, 2.24) is 24.8 Å². The van der Waals surface area contributed by atoms with Gasteiger partial charge in [-0.3, -0.25) is 14.6 Å². The number of H-pyrrole nitrogens is 1. The zero-order valence-electron chi connectivity index (χ0n) is 16.2. The van der Waals surface area contributed by atoms with Crippen LogP contribution in [-0.4, -0.2) is 43.9 Å². The molecule has 0 saturated carbocycles. The minimum atomic E-state index is -0.364. The predicted octanol–water partition coefficient (Wildman–Crippen LogP) is 2.11. The third kappa shape index (κ3) is 4.51. The molecular formula is C21H20FN5O3. The Morgan fingerprint density at radius 1 is 1.30 bits per heavy atom. The van der Waals surface area contributed by atoms with E-state index in [1.807, 2.05) is 0 Å². The highest BCUT2D eigenvalue weighted by molar-refractivity contribution is 5.76. The lowest BCUT2D eigenvalue weighted by Crippen LogP contribution is -2.39. The second-order valence-corrected chi connectivity index (χ2v) is 6.91. The van der Waals surface area contributed by atoms with Gasteiger partial charge in [-0.05, 0) is 18.6 Å².